The van der Waals surface area contributed by atoms with Gasteiger partial charge >= 0.3 is 0 Å². The fourth-order valence-electron chi connectivity index (χ4n) is 2.39. The van der Waals surface area contributed by atoms with Gasteiger partial charge in [0.2, 0.25) is 0 Å². The van der Waals surface area contributed by atoms with E-state index in [1.807, 2.05) is 0 Å². The molecule has 0 radical (unpaired) electrons. The van der Waals surface area contributed by atoms with Gasteiger partial charge in [0, 0.05) is 0 Å². The van der Waals surface area contributed by atoms with Crippen molar-refractivity contribution in [2.24, 2.45) is 5.92 Å². The highest BCUT2D eigenvalue weighted by Crippen LogP contribution is 2.30. The molecule has 1 saturated carbocycles. The van der Waals surface area contributed by atoms with E-state index in [0.717, 1.165) is 37.8 Å². The van der Waals surface area contributed by atoms with E-state index in [1.165, 1.54) is 0 Å². The Morgan fingerprint density at radius 1 is 1.28 bits per heavy atom. The molecule has 0 bridgehead atoms. The predicted octanol–water partition coefficient (Wildman–Crippen LogP) is 3.79. The first-order valence-corrected chi connectivity index (χ1v) is 6.16. The summed E-state index contributed by atoms with van der Waals surface area (Å²) in [6.07, 6.45) is 3.66. The van der Waals surface area contributed by atoms with Crippen LogP contribution in [0.1, 0.15) is 38.2 Å². The van der Waals surface area contributed by atoms with Gasteiger partial charge in [-0.05, 0) is 37.3 Å². The Balaban J connectivity index is 2.16. The van der Waals surface area contributed by atoms with Gasteiger partial charge in [-0.1, -0.05) is 13.3 Å². The molecule has 0 aliphatic heterocycles. The molecule has 1 aliphatic rings. The Morgan fingerprint density at radius 3 is 2.50 bits per heavy atom. The van der Waals surface area contributed by atoms with Gasteiger partial charge in [-0.3, -0.25) is 0 Å². The van der Waals surface area contributed by atoms with E-state index in [1.54, 1.807) is 6.07 Å². The molecule has 2 atom stereocenters. The minimum atomic E-state index is -0.801. The van der Waals surface area contributed by atoms with Crippen LogP contribution in [0, 0.1) is 28.9 Å². The van der Waals surface area contributed by atoms with Crippen molar-refractivity contribution in [2.45, 2.75) is 38.7 Å². The molecule has 2 unspecified atom stereocenters. The van der Waals surface area contributed by atoms with Crippen LogP contribution in [0.2, 0.25) is 0 Å². The molecule has 0 heterocycles. The predicted molar refractivity (Wildman–Crippen MR) is 63.1 cm³/mol. The van der Waals surface area contributed by atoms with Crippen LogP contribution in [0.5, 0.6) is 5.75 Å². The first-order chi connectivity index (χ1) is 8.60. The van der Waals surface area contributed by atoms with Crippen LogP contribution in [-0.4, -0.2) is 6.10 Å². The highest BCUT2D eigenvalue weighted by Gasteiger charge is 2.23. The zero-order valence-electron chi connectivity index (χ0n) is 10.2. The van der Waals surface area contributed by atoms with Gasteiger partial charge < -0.3 is 4.74 Å². The van der Waals surface area contributed by atoms with Gasteiger partial charge in [0.25, 0.3) is 0 Å². The van der Waals surface area contributed by atoms with Crippen molar-refractivity contribution < 1.29 is 13.5 Å². The third kappa shape index (κ3) is 2.79. The highest BCUT2D eigenvalue weighted by atomic mass is 19.1. The molecule has 1 fully saturated rings. The lowest BCUT2D eigenvalue weighted by Gasteiger charge is -2.27. The van der Waals surface area contributed by atoms with Crippen molar-refractivity contribution in [1.29, 1.82) is 5.26 Å². The van der Waals surface area contributed by atoms with Crippen LogP contribution < -0.4 is 4.74 Å². The summed E-state index contributed by atoms with van der Waals surface area (Å²) in [4.78, 5) is 0. The zero-order chi connectivity index (χ0) is 13.1. The summed E-state index contributed by atoms with van der Waals surface area (Å²) in [6.45, 7) is 2.11. The number of halogens is 2. The maximum atomic E-state index is 13.6. The largest absolute Gasteiger partial charge is 0.484 e. The summed E-state index contributed by atoms with van der Waals surface area (Å²) in [5.41, 5.74) is -0.0330. The van der Waals surface area contributed by atoms with Crippen LogP contribution in [0.25, 0.3) is 0 Å². The molecule has 18 heavy (non-hydrogen) atoms. The normalized spacial score (nSPS) is 23.4. The number of ether oxygens (including phenoxy) is 1. The van der Waals surface area contributed by atoms with E-state index in [9.17, 15) is 8.78 Å². The topological polar surface area (TPSA) is 33.0 Å². The lowest BCUT2D eigenvalue weighted by molar-refractivity contribution is 0.118. The average Bonchev–Trinajstić information content (AvgIpc) is 2.33. The van der Waals surface area contributed by atoms with Crippen LogP contribution in [0.15, 0.2) is 12.1 Å². The van der Waals surface area contributed by atoms with E-state index in [-0.39, 0.29) is 17.4 Å². The summed E-state index contributed by atoms with van der Waals surface area (Å²) >= 11 is 0. The minimum absolute atomic E-state index is 0.0330. The molecule has 4 heteroatoms. The smallest absolute Gasteiger partial charge is 0.191 e. The van der Waals surface area contributed by atoms with Crippen molar-refractivity contribution in [1.82, 2.24) is 0 Å². The molecule has 1 aromatic rings. The molecule has 0 saturated heterocycles. The number of hydrogen-bond acceptors (Lipinski definition) is 2. The minimum Gasteiger partial charge on any atom is -0.484 e. The summed E-state index contributed by atoms with van der Waals surface area (Å²) in [6, 6.07) is 3.72. The van der Waals surface area contributed by atoms with Crippen LogP contribution >= 0.6 is 0 Å². The van der Waals surface area contributed by atoms with Crippen molar-refractivity contribution in [3.63, 3.8) is 0 Å². The molecular weight excluding hydrogens is 236 g/mol. The Hall–Kier alpha value is -1.63. The van der Waals surface area contributed by atoms with E-state index in [2.05, 4.69) is 6.92 Å². The number of nitrogens with zero attached hydrogens (tertiary/aromatic N) is 1. The number of nitriles is 1. The molecule has 0 aromatic heterocycles. The first kappa shape index (κ1) is 12.8. The second-order valence-corrected chi connectivity index (χ2v) is 4.89. The molecule has 96 valence electrons. The molecule has 0 N–H and O–H groups in total. The fraction of sp³-hybridized carbons (Fsp3) is 0.500. The Morgan fingerprint density at radius 2 is 1.94 bits per heavy atom. The number of benzene rings is 1. The molecule has 1 aliphatic carbocycles. The van der Waals surface area contributed by atoms with Crippen LogP contribution in [-0.2, 0) is 0 Å². The Kier molecular flexibility index (Phi) is 3.81. The lowest BCUT2D eigenvalue weighted by atomic mass is 9.89. The lowest BCUT2D eigenvalue weighted by Crippen LogP contribution is -2.24. The van der Waals surface area contributed by atoms with Crippen molar-refractivity contribution >= 4 is 0 Å². The SMILES string of the molecule is CC1CCCC(Oc2c(F)cc(C#N)cc2F)C1. The fourth-order valence-corrected chi connectivity index (χ4v) is 2.39. The summed E-state index contributed by atoms with van der Waals surface area (Å²) < 4.78 is 32.7. The monoisotopic (exact) mass is 251 g/mol. The number of hydrogen-bond donors (Lipinski definition) is 0. The average molecular weight is 251 g/mol. The molecular formula is C14H15F2NO. The van der Waals surface area contributed by atoms with E-state index < -0.39 is 11.6 Å². The zero-order valence-corrected chi connectivity index (χ0v) is 10.2. The second-order valence-electron chi connectivity index (χ2n) is 4.89. The standard InChI is InChI=1S/C14H15F2NO/c1-9-3-2-4-11(5-9)18-14-12(15)6-10(8-17)7-13(14)16/h6-7,9,11H,2-5H2,1H3. The first-order valence-electron chi connectivity index (χ1n) is 6.16. The molecule has 2 nitrogen and oxygen atoms in total. The molecule has 2 rings (SSSR count). The Bertz CT molecular complexity index is 458. The van der Waals surface area contributed by atoms with Gasteiger partial charge in [0.05, 0.1) is 17.7 Å². The van der Waals surface area contributed by atoms with Crippen LogP contribution in [0.4, 0.5) is 8.78 Å². The quantitative estimate of drug-likeness (QED) is 0.801. The van der Waals surface area contributed by atoms with E-state index in [0.29, 0.717) is 5.92 Å². The number of rotatable bonds is 2. The van der Waals surface area contributed by atoms with Gasteiger partial charge in [-0.25, -0.2) is 8.78 Å². The maximum absolute atomic E-state index is 13.6. The third-order valence-corrected chi connectivity index (χ3v) is 3.30. The van der Waals surface area contributed by atoms with Gasteiger partial charge in [-0.2, -0.15) is 5.26 Å². The summed E-state index contributed by atoms with van der Waals surface area (Å²) in [5.74, 6) is -1.43. The van der Waals surface area contributed by atoms with Gasteiger partial charge in [-0.15, -0.1) is 0 Å². The van der Waals surface area contributed by atoms with Crippen molar-refractivity contribution in [3.05, 3.63) is 29.3 Å². The summed E-state index contributed by atoms with van der Waals surface area (Å²) in [5, 5.41) is 8.61. The highest BCUT2D eigenvalue weighted by molar-refractivity contribution is 5.37. The second kappa shape index (κ2) is 5.34. The van der Waals surface area contributed by atoms with Crippen molar-refractivity contribution in [3.8, 4) is 11.8 Å². The molecule has 1 aromatic carbocycles. The van der Waals surface area contributed by atoms with Gasteiger partial charge in [0.15, 0.2) is 17.4 Å². The van der Waals surface area contributed by atoms with Crippen LogP contribution in [0.3, 0.4) is 0 Å². The van der Waals surface area contributed by atoms with Gasteiger partial charge in [0.1, 0.15) is 0 Å². The third-order valence-electron chi connectivity index (χ3n) is 3.30. The molecule has 0 spiro atoms. The Labute approximate surface area is 105 Å². The molecule has 0 amide bonds. The summed E-state index contributed by atoms with van der Waals surface area (Å²) in [7, 11) is 0. The van der Waals surface area contributed by atoms with E-state index >= 15 is 0 Å². The maximum Gasteiger partial charge on any atom is 0.191 e. The van der Waals surface area contributed by atoms with E-state index in [4.69, 9.17) is 10.00 Å². The van der Waals surface area contributed by atoms with Crippen molar-refractivity contribution in [2.75, 3.05) is 0 Å².